The standard InChI is InChI=1S/C34H50N4O8/c1-7-21(3)25(31(41)35-5)37-33(43)29(45-19-23-15-11-9-12-16-23)27(39)28(40)30(46-20-24-17-13-10-14-18-24)34(44)38-26(22(4)8-2)32(42)36-6/h9-18,21-22,25-30,39-40H,7-8,19-20H2,1-6H3,(H,35,41)(H,36,42)(H,37,43)(H,38,44)/t21-,22+,25-,26-,27-,28-,29+,30+/m1/s1. The van der Waals surface area contributed by atoms with Crippen molar-refractivity contribution in [3.05, 3.63) is 71.8 Å². The van der Waals surface area contributed by atoms with E-state index in [0.717, 1.165) is 0 Å². The number of rotatable bonds is 19. The van der Waals surface area contributed by atoms with Gasteiger partial charge in [0.1, 0.15) is 24.3 Å². The molecule has 8 atom stereocenters. The smallest absolute Gasteiger partial charge is 0.252 e. The van der Waals surface area contributed by atoms with Gasteiger partial charge in [0.2, 0.25) is 11.8 Å². The summed E-state index contributed by atoms with van der Waals surface area (Å²) in [4.78, 5) is 52.7. The van der Waals surface area contributed by atoms with E-state index in [4.69, 9.17) is 9.47 Å². The molecular weight excluding hydrogens is 592 g/mol. The molecule has 12 nitrogen and oxygen atoms in total. The van der Waals surface area contributed by atoms with Gasteiger partial charge in [0, 0.05) is 14.1 Å². The van der Waals surface area contributed by atoms with Crippen molar-refractivity contribution in [2.75, 3.05) is 14.1 Å². The summed E-state index contributed by atoms with van der Waals surface area (Å²) in [6, 6.07) is 15.9. The third-order valence-electron chi connectivity index (χ3n) is 8.11. The molecule has 0 aromatic heterocycles. The van der Waals surface area contributed by atoms with E-state index >= 15 is 0 Å². The summed E-state index contributed by atoms with van der Waals surface area (Å²) in [5.74, 6) is -3.13. The minimum atomic E-state index is -1.99. The van der Waals surface area contributed by atoms with Crippen LogP contribution in [0.4, 0.5) is 0 Å². The van der Waals surface area contributed by atoms with Crippen LogP contribution in [-0.4, -0.2) is 84.4 Å². The molecule has 0 aliphatic heterocycles. The summed E-state index contributed by atoms with van der Waals surface area (Å²) < 4.78 is 11.8. The maximum atomic E-state index is 13.7. The Morgan fingerprint density at radius 1 is 0.609 bits per heavy atom. The number of nitrogens with one attached hydrogen (secondary N) is 4. The van der Waals surface area contributed by atoms with Crippen molar-refractivity contribution in [3.63, 3.8) is 0 Å². The number of hydrogen-bond donors (Lipinski definition) is 6. The molecule has 46 heavy (non-hydrogen) atoms. The van der Waals surface area contributed by atoms with E-state index in [-0.39, 0.29) is 25.0 Å². The molecule has 4 amide bonds. The van der Waals surface area contributed by atoms with Gasteiger partial charge in [0.15, 0.2) is 12.2 Å². The van der Waals surface area contributed by atoms with Crippen LogP contribution in [0.3, 0.4) is 0 Å². The highest BCUT2D eigenvalue weighted by Crippen LogP contribution is 2.18. The number of carbonyl (C=O) groups excluding carboxylic acids is 4. The zero-order valence-corrected chi connectivity index (χ0v) is 27.6. The molecule has 12 heteroatoms. The van der Waals surface area contributed by atoms with E-state index in [9.17, 15) is 29.4 Å². The van der Waals surface area contributed by atoms with Crippen LogP contribution in [0.25, 0.3) is 0 Å². The fraction of sp³-hybridized carbons (Fsp3) is 0.529. The topological polar surface area (TPSA) is 175 Å². The van der Waals surface area contributed by atoms with Crippen LogP contribution in [0.5, 0.6) is 0 Å². The molecule has 0 bridgehead atoms. The number of benzene rings is 2. The maximum Gasteiger partial charge on any atom is 0.252 e. The van der Waals surface area contributed by atoms with Gasteiger partial charge >= 0.3 is 0 Å². The van der Waals surface area contributed by atoms with Gasteiger partial charge in [-0.15, -0.1) is 0 Å². The van der Waals surface area contributed by atoms with Gasteiger partial charge in [-0.2, -0.15) is 0 Å². The molecule has 2 rings (SSSR count). The van der Waals surface area contributed by atoms with Crippen molar-refractivity contribution in [2.24, 2.45) is 11.8 Å². The number of aliphatic hydroxyl groups is 2. The molecule has 0 aliphatic carbocycles. The van der Waals surface area contributed by atoms with Crippen LogP contribution in [0.1, 0.15) is 51.7 Å². The molecule has 0 saturated carbocycles. The number of amides is 4. The molecule has 0 radical (unpaired) electrons. The average Bonchev–Trinajstić information content (AvgIpc) is 3.08. The monoisotopic (exact) mass is 642 g/mol. The third kappa shape index (κ3) is 11.2. The fourth-order valence-electron chi connectivity index (χ4n) is 4.72. The third-order valence-corrected chi connectivity index (χ3v) is 8.11. The van der Waals surface area contributed by atoms with Crippen molar-refractivity contribution >= 4 is 23.6 Å². The SMILES string of the molecule is CC[C@@H](C)[C@@H](NC(=O)[C@@H](OCc1ccccc1)[C@H](O)[C@@H](O)[C@H](OCc1ccccc1)C(=O)N[C@@H](C(=O)NC)[C@@H](C)CC)C(=O)NC. The molecule has 2 aromatic carbocycles. The van der Waals surface area contributed by atoms with Gasteiger partial charge in [-0.1, -0.05) is 101 Å². The van der Waals surface area contributed by atoms with E-state index < -0.39 is 60.1 Å². The Bertz CT molecular complexity index is 1140. The maximum absolute atomic E-state index is 13.7. The first-order chi connectivity index (χ1) is 22.0. The summed E-state index contributed by atoms with van der Waals surface area (Å²) in [6.07, 6.45) is -6.27. The van der Waals surface area contributed by atoms with Gasteiger partial charge in [0.05, 0.1) is 13.2 Å². The molecule has 0 saturated heterocycles. The summed E-state index contributed by atoms with van der Waals surface area (Å²) in [6.45, 7) is 7.09. The minimum absolute atomic E-state index is 0.120. The van der Waals surface area contributed by atoms with Crippen LogP contribution in [0.2, 0.25) is 0 Å². The zero-order valence-electron chi connectivity index (χ0n) is 27.6. The quantitative estimate of drug-likeness (QED) is 0.133. The predicted octanol–water partition coefficient (Wildman–Crippen LogP) is 1.43. The second kappa shape index (κ2) is 19.6. The van der Waals surface area contributed by atoms with Crippen molar-refractivity contribution < 1.29 is 38.9 Å². The Kier molecular flexibility index (Phi) is 16.4. The van der Waals surface area contributed by atoms with Gasteiger partial charge in [-0.3, -0.25) is 19.2 Å². The molecule has 0 fully saturated rings. The van der Waals surface area contributed by atoms with Gasteiger partial charge in [-0.05, 0) is 23.0 Å². The van der Waals surface area contributed by atoms with Crippen molar-refractivity contribution in [2.45, 2.75) is 90.2 Å². The van der Waals surface area contributed by atoms with Crippen molar-refractivity contribution in [3.8, 4) is 0 Å². The molecule has 0 aliphatic rings. The highest BCUT2D eigenvalue weighted by atomic mass is 16.5. The van der Waals surface area contributed by atoms with Gasteiger partial charge < -0.3 is 41.0 Å². The van der Waals surface area contributed by atoms with Gasteiger partial charge in [-0.25, -0.2) is 0 Å². The van der Waals surface area contributed by atoms with Crippen LogP contribution in [-0.2, 0) is 41.9 Å². The number of carbonyl (C=O) groups is 4. The fourth-order valence-corrected chi connectivity index (χ4v) is 4.72. The second-order valence-corrected chi connectivity index (χ2v) is 11.4. The van der Waals surface area contributed by atoms with Crippen LogP contribution >= 0.6 is 0 Å². The Morgan fingerprint density at radius 3 is 1.22 bits per heavy atom. The lowest BCUT2D eigenvalue weighted by Gasteiger charge is -2.33. The molecule has 6 N–H and O–H groups in total. The average molecular weight is 643 g/mol. The lowest BCUT2D eigenvalue weighted by Crippen LogP contribution is -2.60. The van der Waals surface area contributed by atoms with Crippen LogP contribution in [0.15, 0.2) is 60.7 Å². The molecule has 0 heterocycles. The Balaban J connectivity index is 2.45. The first kappa shape index (κ1) is 38.3. The van der Waals surface area contributed by atoms with Crippen molar-refractivity contribution in [1.29, 1.82) is 0 Å². The molecule has 2 aromatic rings. The highest BCUT2D eigenvalue weighted by Gasteiger charge is 2.43. The summed E-state index contributed by atoms with van der Waals surface area (Å²) in [5, 5.41) is 33.4. The number of aliphatic hydroxyl groups excluding tert-OH is 2. The molecule has 0 unspecified atom stereocenters. The molecular formula is C34H50N4O8. The minimum Gasteiger partial charge on any atom is -0.387 e. The highest BCUT2D eigenvalue weighted by molar-refractivity contribution is 5.91. The Morgan fingerprint density at radius 2 is 0.935 bits per heavy atom. The van der Waals surface area contributed by atoms with Crippen molar-refractivity contribution in [1.82, 2.24) is 21.3 Å². The van der Waals surface area contributed by atoms with E-state index in [0.29, 0.717) is 24.0 Å². The van der Waals surface area contributed by atoms with E-state index in [1.807, 2.05) is 26.0 Å². The Labute approximate surface area is 271 Å². The summed E-state index contributed by atoms with van der Waals surface area (Å²) in [7, 11) is 2.90. The largest absolute Gasteiger partial charge is 0.387 e. The number of likely N-dealkylation sites (N-methyl/N-ethyl adjacent to an activating group) is 2. The number of hydrogen-bond acceptors (Lipinski definition) is 8. The lowest BCUT2D eigenvalue weighted by molar-refractivity contribution is -0.171. The summed E-state index contributed by atoms with van der Waals surface area (Å²) in [5.41, 5.74) is 1.37. The normalized spacial score (nSPS) is 16.4. The predicted molar refractivity (Wildman–Crippen MR) is 173 cm³/mol. The first-order valence-electron chi connectivity index (χ1n) is 15.7. The van der Waals surface area contributed by atoms with Gasteiger partial charge in [0.25, 0.3) is 11.8 Å². The molecule has 254 valence electrons. The number of ether oxygens (including phenoxy) is 2. The first-order valence-corrected chi connectivity index (χ1v) is 15.7. The lowest BCUT2D eigenvalue weighted by atomic mass is 9.95. The van der Waals surface area contributed by atoms with E-state index in [1.54, 1.807) is 62.4 Å². The summed E-state index contributed by atoms with van der Waals surface area (Å²) >= 11 is 0. The zero-order chi connectivity index (χ0) is 34.2. The van der Waals surface area contributed by atoms with E-state index in [2.05, 4.69) is 21.3 Å². The van der Waals surface area contributed by atoms with E-state index in [1.165, 1.54) is 14.1 Å². The van der Waals surface area contributed by atoms with Crippen LogP contribution in [0, 0.1) is 11.8 Å². The van der Waals surface area contributed by atoms with Crippen LogP contribution < -0.4 is 21.3 Å². The second-order valence-electron chi connectivity index (χ2n) is 11.4. The Hall–Kier alpha value is -3.84. The molecule has 0 spiro atoms.